The van der Waals surface area contributed by atoms with E-state index in [0.29, 0.717) is 18.1 Å². The molecule has 1 unspecified atom stereocenters. The van der Waals surface area contributed by atoms with Crippen LogP contribution in [0.3, 0.4) is 0 Å². The maximum atomic E-state index is 13.0. The third-order valence-corrected chi connectivity index (χ3v) is 5.09. The van der Waals surface area contributed by atoms with Crippen molar-refractivity contribution in [1.29, 1.82) is 4.78 Å². The average molecular weight is 294 g/mol. The monoisotopic (exact) mass is 293 g/mol. The SMILES string of the molecule is N=S(=O)(c1ccc(F)c(Br)c1)C1COC1. The molecule has 0 spiro atoms. The van der Waals surface area contributed by atoms with Crippen molar-refractivity contribution in [3.8, 4) is 0 Å². The first-order valence-corrected chi connectivity index (χ1v) is 6.73. The van der Waals surface area contributed by atoms with E-state index < -0.39 is 15.5 Å². The average Bonchev–Trinajstić information content (AvgIpc) is 2.05. The molecule has 1 aliphatic rings. The van der Waals surface area contributed by atoms with Gasteiger partial charge in [-0.1, -0.05) is 0 Å². The van der Waals surface area contributed by atoms with Crippen LogP contribution in [0.15, 0.2) is 27.6 Å². The molecule has 0 radical (unpaired) electrons. The van der Waals surface area contributed by atoms with Crippen molar-refractivity contribution in [2.24, 2.45) is 0 Å². The first-order valence-electron chi connectivity index (χ1n) is 4.32. The maximum absolute atomic E-state index is 13.0. The van der Waals surface area contributed by atoms with Gasteiger partial charge in [0.25, 0.3) is 0 Å². The molecule has 1 atom stereocenters. The summed E-state index contributed by atoms with van der Waals surface area (Å²) in [5.41, 5.74) is 0. The standard InChI is InChI=1S/C9H9BrFNO2S/c10-8-3-6(1-2-9(8)11)15(12,13)7-4-14-5-7/h1-3,7,12H,4-5H2. The van der Waals surface area contributed by atoms with Gasteiger partial charge in [-0.3, -0.25) is 0 Å². The van der Waals surface area contributed by atoms with Gasteiger partial charge in [-0.25, -0.2) is 13.4 Å². The second-order valence-electron chi connectivity index (χ2n) is 3.34. The lowest BCUT2D eigenvalue weighted by molar-refractivity contribution is 0.0427. The van der Waals surface area contributed by atoms with Gasteiger partial charge in [0.15, 0.2) is 0 Å². The molecule has 0 saturated carbocycles. The smallest absolute Gasteiger partial charge is 0.137 e. The zero-order valence-corrected chi connectivity index (χ0v) is 10.1. The topological polar surface area (TPSA) is 50.2 Å². The fourth-order valence-corrected chi connectivity index (χ4v) is 3.32. The van der Waals surface area contributed by atoms with E-state index in [2.05, 4.69) is 15.9 Å². The Morgan fingerprint density at radius 2 is 2.20 bits per heavy atom. The van der Waals surface area contributed by atoms with Gasteiger partial charge in [0.2, 0.25) is 0 Å². The van der Waals surface area contributed by atoms with Crippen LogP contribution < -0.4 is 0 Å². The third-order valence-electron chi connectivity index (χ3n) is 2.32. The molecule has 0 amide bonds. The first-order chi connectivity index (χ1) is 7.01. The Bertz CT molecular complexity index is 485. The van der Waals surface area contributed by atoms with Crippen molar-refractivity contribution in [3.05, 3.63) is 28.5 Å². The largest absolute Gasteiger partial charge is 0.379 e. The maximum Gasteiger partial charge on any atom is 0.137 e. The lowest BCUT2D eigenvalue weighted by Crippen LogP contribution is -2.40. The molecule has 3 nitrogen and oxygen atoms in total. The lowest BCUT2D eigenvalue weighted by Gasteiger charge is -2.28. The molecule has 2 rings (SSSR count). The fourth-order valence-electron chi connectivity index (χ4n) is 1.26. The molecule has 6 heteroatoms. The van der Waals surface area contributed by atoms with Crippen LogP contribution in [0.4, 0.5) is 4.39 Å². The Hall–Kier alpha value is -0.460. The molecule has 0 bridgehead atoms. The van der Waals surface area contributed by atoms with Crippen LogP contribution in [0.25, 0.3) is 0 Å². The van der Waals surface area contributed by atoms with Gasteiger partial charge < -0.3 is 4.74 Å². The van der Waals surface area contributed by atoms with Crippen LogP contribution in [0.1, 0.15) is 0 Å². The minimum atomic E-state index is -2.86. The van der Waals surface area contributed by atoms with E-state index in [4.69, 9.17) is 9.52 Å². The van der Waals surface area contributed by atoms with Crippen molar-refractivity contribution in [2.45, 2.75) is 10.1 Å². The lowest BCUT2D eigenvalue weighted by atomic mass is 10.3. The minimum Gasteiger partial charge on any atom is -0.379 e. The van der Waals surface area contributed by atoms with Gasteiger partial charge >= 0.3 is 0 Å². The number of hydrogen-bond acceptors (Lipinski definition) is 3. The number of hydrogen-bond donors (Lipinski definition) is 1. The predicted molar refractivity (Wildman–Crippen MR) is 57.8 cm³/mol. The van der Waals surface area contributed by atoms with Crippen molar-refractivity contribution in [3.63, 3.8) is 0 Å². The molecular weight excluding hydrogens is 285 g/mol. The van der Waals surface area contributed by atoms with Gasteiger partial charge in [-0.05, 0) is 34.1 Å². The predicted octanol–water partition coefficient (Wildman–Crippen LogP) is 2.39. The summed E-state index contributed by atoms with van der Waals surface area (Å²) in [4.78, 5) is 0.351. The Labute approximate surface area is 95.7 Å². The minimum absolute atomic E-state index is 0.236. The number of benzene rings is 1. The highest BCUT2D eigenvalue weighted by atomic mass is 79.9. The van der Waals surface area contributed by atoms with E-state index in [1.807, 2.05) is 0 Å². The zero-order valence-electron chi connectivity index (χ0n) is 7.70. The van der Waals surface area contributed by atoms with E-state index in [0.717, 1.165) is 0 Å². The molecule has 1 N–H and O–H groups in total. The summed E-state index contributed by atoms with van der Waals surface area (Å²) in [6, 6.07) is 4.02. The van der Waals surface area contributed by atoms with Gasteiger partial charge in [0, 0.05) is 4.90 Å². The number of nitrogens with one attached hydrogen (secondary N) is 1. The zero-order chi connectivity index (χ0) is 11.1. The molecular formula is C9H9BrFNO2S. The Morgan fingerprint density at radius 1 is 1.53 bits per heavy atom. The Morgan fingerprint density at radius 3 is 2.67 bits per heavy atom. The van der Waals surface area contributed by atoms with Gasteiger partial charge in [0.1, 0.15) is 5.82 Å². The van der Waals surface area contributed by atoms with E-state index in [1.165, 1.54) is 18.2 Å². The summed E-state index contributed by atoms with van der Waals surface area (Å²) < 4.78 is 38.0. The van der Waals surface area contributed by atoms with Crippen LogP contribution >= 0.6 is 15.9 Å². The van der Waals surface area contributed by atoms with Gasteiger partial charge in [-0.2, -0.15) is 0 Å². The van der Waals surface area contributed by atoms with Gasteiger partial charge in [-0.15, -0.1) is 0 Å². The number of rotatable bonds is 2. The normalized spacial score (nSPS) is 20.7. The molecule has 1 heterocycles. The molecule has 1 fully saturated rings. The van der Waals surface area contributed by atoms with E-state index in [-0.39, 0.29) is 9.72 Å². The van der Waals surface area contributed by atoms with Crippen molar-refractivity contribution < 1.29 is 13.3 Å². The molecule has 15 heavy (non-hydrogen) atoms. The van der Waals surface area contributed by atoms with Crippen LogP contribution in [0.5, 0.6) is 0 Å². The van der Waals surface area contributed by atoms with Crippen LogP contribution in [-0.2, 0) is 14.5 Å². The van der Waals surface area contributed by atoms with Crippen LogP contribution in [0, 0.1) is 10.6 Å². The highest BCUT2D eigenvalue weighted by Crippen LogP contribution is 2.26. The van der Waals surface area contributed by atoms with Crippen molar-refractivity contribution >= 4 is 25.7 Å². The van der Waals surface area contributed by atoms with Gasteiger partial charge in [0.05, 0.1) is 32.7 Å². The quantitative estimate of drug-likeness (QED) is 0.910. The Kier molecular flexibility index (Phi) is 2.83. The molecule has 1 saturated heterocycles. The summed E-state index contributed by atoms with van der Waals surface area (Å²) in [6.45, 7) is 0.689. The van der Waals surface area contributed by atoms with Crippen LogP contribution in [-0.4, -0.2) is 22.7 Å². The molecule has 0 aliphatic carbocycles. The van der Waals surface area contributed by atoms with Crippen molar-refractivity contribution in [1.82, 2.24) is 0 Å². The van der Waals surface area contributed by atoms with Crippen molar-refractivity contribution in [2.75, 3.05) is 13.2 Å². The summed E-state index contributed by atoms with van der Waals surface area (Å²) in [5.74, 6) is -0.418. The highest BCUT2D eigenvalue weighted by molar-refractivity contribution is 9.10. The molecule has 1 aromatic carbocycles. The summed E-state index contributed by atoms with van der Waals surface area (Å²) in [7, 11) is -2.86. The van der Waals surface area contributed by atoms with E-state index in [9.17, 15) is 8.60 Å². The Balaban J connectivity index is 2.40. The third kappa shape index (κ3) is 1.93. The molecule has 82 valence electrons. The fraction of sp³-hybridized carbons (Fsp3) is 0.333. The summed E-state index contributed by atoms with van der Waals surface area (Å²) in [5, 5.41) is -0.269. The highest BCUT2D eigenvalue weighted by Gasteiger charge is 2.30. The summed E-state index contributed by atoms with van der Waals surface area (Å²) in [6.07, 6.45) is 0. The second-order valence-corrected chi connectivity index (χ2v) is 6.53. The first kappa shape index (κ1) is 11.0. The number of halogens is 2. The second kappa shape index (κ2) is 3.84. The van der Waals surface area contributed by atoms with Crippen LogP contribution in [0.2, 0.25) is 0 Å². The number of ether oxygens (including phenoxy) is 1. The molecule has 1 aliphatic heterocycles. The molecule has 1 aromatic rings. The van der Waals surface area contributed by atoms with E-state index >= 15 is 0 Å². The molecule has 0 aromatic heterocycles. The summed E-state index contributed by atoms with van der Waals surface area (Å²) >= 11 is 3.01. The van der Waals surface area contributed by atoms with E-state index in [1.54, 1.807) is 0 Å².